The van der Waals surface area contributed by atoms with E-state index >= 15 is 0 Å². The lowest BCUT2D eigenvalue weighted by atomic mass is 10.1. The molecule has 5 heteroatoms. The molecule has 0 bridgehead atoms. The van der Waals surface area contributed by atoms with E-state index in [0.717, 1.165) is 16.5 Å². The standard InChI is InChI=1S/C18H19N3O2/c1-23-12-11-21(13-14-7-3-2-4-8-14)18(22)17-15-9-5-6-10-16(15)19-20-17/h2-10H,11-13H2,1H3,(H,19,20). The molecule has 3 rings (SSSR count). The predicted molar refractivity (Wildman–Crippen MR) is 89.2 cm³/mol. The largest absolute Gasteiger partial charge is 0.383 e. The third kappa shape index (κ3) is 3.40. The van der Waals surface area contributed by atoms with E-state index in [9.17, 15) is 4.79 Å². The van der Waals surface area contributed by atoms with E-state index in [2.05, 4.69) is 10.2 Å². The number of aromatic nitrogens is 2. The molecule has 0 spiro atoms. The maximum Gasteiger partial charge on any atom is 0.275 e. The number of rotatable bonds is 6. The number of methoxy groups -OCH3 is 1. The van der Waals surface area contributed by atoms with Gasteiger partial charge in [-0.1, -0.05) is 48.5 Å². The van der Waals surface area contributed by atoms with Gasteiger partial charge in [-0.05, 0) is 11.6 Å². The fraction of sp³-hybridized carbons (Fsp3) is 0.222. The van der Waals surface area contributed by atoms with Gasteiger partial charge in [-0.25, -0.2) is 0 Å². The Morgan fingerprint density at radius 1 is 1.13 bits per heavy atom. The number of amides is 1. The van der Waals surface area contributed by atoms with Crippen LogP contribution in [-0.2, 0) is 11.3 Å². The highest BCUT2D eigenvalue weighted by Gasteiger charge is 2.20. The number of H-pyrrole nitrogens is 1. The van der Waals surface area contributed by atoms with Gasteiger partial charge in [0.25, 0.3) is 5.91 Å². The van der Waals surface area contributed by atoms with Crippen molar-refractivity contribution in [2.75, 3.05) is 20.3 Å². The highest BCUT2D eigenvalue weighted by molar-refractivity contribution is 6.04. The van der Waals surface area contributed by atoms with Crippen LogP contribution < -0.4 is 0 Å². The van der Waals surface area contributed by atoms with Crippen LogP contribution in [0.2, 0.25) is 0 Å². The highest BCUT2D eigenvalue weighted by Crippen LogP contribution is 2.18. The summed E-state index contributed by atoms with van der Waals surface area (Å²) in [6, 6.07) is 17.6. The summed E-state index contributed by atoms with van der Waals surface area (Å²) in [4.78, 5) is 14.7. The minimum absolute atomic E-state index is 0.0941. The van der Waals surface area contributed by atoms with Crippen molar-refractivity contribution in [1.82, 2.24) is 15.1 Å². The lowest BCUT2D eigenvalue weighted by molar-refractivity contribution is 0.0676. The Kier molecular flexibility index (Phi) is 4.68. The fourth-order valence-electron chi connectivity index (χ4n) is 2.53. The van der Waals surface area contributed by atoms with Gasteiger partial charge in [0, 0.05) is 25.6 Å². The number of nitrogens with zero attached hydrogens (tertiary/aromatic N) is 2. The van der Waals surface area contributed by atoms with E-state index in [1.54, 1.807) is 12.0 Å². The Hall–Kier alpha value is -2.66. The molecule has 0 aliphatic rings. The molecule has 0 atom stereocenters. The lowest BCUT2D eigenvalue weighted by Gasteiger charge is -2.21. The second-order valence-corrected chi connectivity index (χ2v) is 5.32. The lowest BCUT2D eigenvalue weighted by Crippen LogP contribution is -2.33. The minimum atomic E-state index is -0.0941. The Morgan fingerprint density at radius 2 is 1.87 bits per heavy atom. The van der Waals surface area contributed by atoms with Crippen LogP contribution in [0.4, 0.5) is 0 Å². The molecule has 0 aliphatic carbocycles. The summed E-state index contributed by atoms with van der Waals surface area (Å²) in [5.74, 6) is -0.0941. The van der Waals surface area contributed by atoms with Crippen LogP contribution in [0, 0.1) is 0 Å². The first kappa shape index (κ1) is 15.2. The predicted octanol–water partition coefficient (Wildman–Crippen LogP) is 2.85. The molecular weight excluding hydrogens is 290 g/mol. The van der Waals surface area contributed by atoms with Gasteiger partial charge in [0.2, 0.25) is 0 Å². The van der Waals surface area contributed by atoms with Gasteiger partial charge in [0.05, 0.1) is 12.1 Å². The molecule has 1 heterocycles. The van der Waals surface area contributed by atoms with Gasteiger partial charge in [-0.2, -0.15) is 5.10 Å². The Morgan fingerprint density at radius 3 is 2.65 bits per heavy atom. The van der Waals surface area contributed by atoms with E-state index < -0.39 is 0 Å². The third-order valence-electron chi connectivity index (χ3n) is 3.74. The van der Waals surface area contributed by atoms with Crippen molar-refractivity contribution in [3.63, 3.8) is 0 Å². The van der Waals surface area contributed by atoms with Crippen LogP contribution in [0.3, 0.4) is 0 Å². The van der Waals surface area contributed by atoms with E-state index in [0.29, 0.717) is 25.4 Å². The van der Waals surface area contributed by atoms with Crippen molar-refractivity contribution in [3.05, 3.63) is 65.9 Å². The van der Waals surface area contributed by atoms with Crippen molar-refractivity contribution >= 4 is 16.8 Å². The van der Waals surface area contributed by atoms with Crippen LogP contribution in [0.15, 0.2) is 54.6 Å². The number of hydrogen-bond donors (Lipinski definition) is 1. The zero-order valence-corrected chi connectivity index (χ0v) is 13.0. The zero-order valence-electron chi connectivity index (χ0n) is 13.0. The van der Waals surface area contributed by atoms with Gasteiger partial charge in [0.15, 0.2) is 5.69 Å². The third-order valence-corrected chi connectivity index (χ3v) is 3.74. The maximum atomic E-state index is 12.9. The number of hydrogen-bond acceptors (Lipinski definition) is 3. The summed E-state index contributed by atoms with van der Waals surface area (Å²) in [5.41, 5.74) is 2.40. The molecule has 0 saturated heterocycles. The number of benzene rings is 2. The van der Waals surface area contributed by atoms with Gasteiger partial charge in [0.1, 0.15) is 0 Å². The number of carbonyl (C=O) groups excluding carboxylic acids is 1. The average Bonchev–Trinajstić information content (AvgIpc) is 3.03. The van der Waals surface area contributed by atoms with Gasteiger partial charge >= 0.3 is 0 Å². The smallest absolute Gasteiger partial charge is 0.275 e. The highest BCUT2D eigenvalue weighted by atomic mass is 16.5. The number of nitrogens with one attached hydrogen (secondary N) is 1. The average molecular weight is 309 g/mol. The van der Waals surface area contributed by atoms with Crippen molar-refractivity contribution in [3.8, 4) is 0 Å². The van der Waals surface area contributed by atoms with Gasteiger partial charge in [-0.15, -0.1) is 0 Å². The molecule has 1 N–H and O–H groups in total. The summed E-state index contributed by atoms with van der Waals surface area (Å²) in [7, 11) is 1.63. The normalized spacial score (nSPS) is 10.8. The first-order valence-corrected chi connectivity index (χ1v) is 7.55. The Balaban J connectivity index is 1.87. The van der Waals surface area contributed by atoms with E-state index in [1.165, 1.54) is 0 Å². The maximum absolute atomic E-state index is 12.9. The Bertz CT molecular complexity index is 783. The first-order valence-electron chi connectivity index (χ1n) is 7.55. The van der Waals surface area contributed by atoms with Crippen molar-refractivity contribution < 1.29 is 9.53 Å². The second-order valence-electron chi connectivity index (χ2n) is 5.32. The molecule has 1 aromatic heterocycles. The number of para-hydroxylation sites is 1. The van der Waals surface area contributed by atoms with Crippen LogP contribution >= 0.6 is 0 Å². The van der Waals surface area contributed by atoms with Crippen molar-refractivity contribution in [2.45, 2.75) is 6.54 Å². The first-order chi connectivity index (χ1) is 11.3. The molecule has 3 aromatic rings. The van der Waals surface area contributed by atoms with Crippen LogP contribution in [-0.4, -0.2) is 41.3 Å². The molecule has 0 aliphatic heterocycles. The monoisotopic (exact) mass is 309 g/mol. The number of aromatic amines is 1. The molecule has 23 heavy (non-hydrogen) atoms. The fourth-order valence-corrected chi connectivity index (χ4v) is 2.53. The van der Waals surface area contributed by atoms with E-state index in [4.69, 9.17) is 4.74 Å². The molecule has 0 unspecified atom stereocenters. The number of carbonyl (C=O) groups is 1. The quantitative estimate of drug-likeness (QED) is 0.761. The summed E-state index contributed by atoms with van der Waals surface area (Å²) in [5, 5.41) is 7.96. The summed E-state index contributed by atoms with van der Waals surface area (Å²) in [6.45, 7) is 1.54. The SMILES string of the molecule is COCCN(Cc1ccccc1)C(=O)c1n[nH]c2ccccc12. The molecule has 2 aromatic carbocycles. The molecule has 0 saturated carbocycles. The van der Waals surface area contributed by atoms with E-state index in [1.807, 2.05) is 54.6 Å². The van der Waals surface area contributed by atoms with Crippen molar-refractivity contribution in [2.24, 2.45) is 0 Å². The Labute approximate surface area is 134 Å². The second kappa shape index (κ2) is 7.07. The molecule has 0 fully saturated rings. The molecule has 5 nitrogen and oxygen atoms in total. The van der Waals surface area contributed by atoms with Crippen molar-refractivity contribution in [1.29, 1.82) is 0 Å². The molecule has 118 valence electrons. The molecule has 0 radical (unpaired) electrons. The van der Waals surface area contributed by atoms with Crippen LogP contribution in [0.5, 0.6) is 0 Å². The zero-order chi connectivity index (χ0) is 16.1. The summed E-state index contributed by atoms with van der Waals surface area (Å²) < 4.78 is 5.14. The van der Waals surface area contributed by atoms with Crippen LogP contribution in [0.1, 0.15) is 16.1 Å². The van der Waals surface area contributed by atoms with Crippen LogP contribution in [0.25, 0.3) is 10.9 Å². The summed E-state index contributed by atoms with van der Waals surface area (Å²) >= 11 is 0. The topological polar surface area (TPSA) is 58.2 Å². The molecular formula is C18H19N3O2. The number of ether oxygens (including phenoxy) is 1. The molecule has 1 amide bonds. The van der Waals surface area contributed by atoms with Gasteiger partial charge < -0.3 is 9.64 Å². The summed E-state index contributed by atoms with van der Waals surface area (Å²) in [6.07, 6.45) is 0. The van der Waals surface area contributed by atoms with E-state index in [-0.39, 0.29) is 5.91 Å². The van der Waals surface area contributed by atoms with Gasteiger partial charge in [-0.3, -0.25) is 9.89 Å². The minimum Gasteiger partial charge on any atom is -0.383 e. The number of fused-ring (bicyclic) bond motifs is 1.